The Kier molecular flexibility index (Phi) is 5.06. The molecule has 21 heavy (non-hydrogen) atoms. The Morgan fingerprint density at radius 3 is 2.95 bits per heavy atom. The molecule has 0 bridgehead atoms. The van der Waals surface area contributed by atoms with Gasteiger partial charge in [-0.15, -0.1) is 0 Å². The molecule has 110 valence electrons. The van der Waals surface area contributed by atoms with Crippen molar-refractivity contribution in [2.45, 2.75) is 25.9 Å². The largest absolute Gasteiger partial charge is 0.389 e. The molecule has 2 heterocycles. The van der Waals surface area contributed by atoms with Crippen LogP contribution in [0, 0.1) is 0 Å². The molecule has 1 aromatic heterocycles. The first-order chi connectivity index (χ1) is 10.1. The summed E-state index contributed by atoms with van der Waals surface area (Å²) in [6, 6.07) is 3.95. The summed E-state index contributed by atoms with van der Waals surface area (Å²) < 4.78 is 0. The van der Waals surface area contributed by atoms with Crippen LogP contribution in [0.25, 0.3) is 5.57 Å². The van der Waals surface area contributed by atoms with E-state index in [9.17, 15) is 5.11 Å². The van der Waals surface area contributed by atoms with Crippen molar-refractivity contribution in [3.63, 3.8) is 0 Å². The van der Waals surface area contributed by atoms with Gasteiger partial charge in [0.1, 0.15) is 5.84 Å². The zero-order valence-corrected chi connectivity index (χ0v) is 12.5. The normalized spacial score (nSPS) is 23.9. The topological polar surface area (TPSA) is 57.5 Å². The highest BCUT2D eigenvalue weighted by atomic mass is 16.3. The maximum Gasteiger partial charge on any atom is 0.104 e. The maximum absolute atomic E-state index is 9.75. The van der Waals surface area contributed by atoms with Crippen LogP contribution in [0.15, 0.2) is 59.5 Å². The van der Waals surface area contributed by atoms with Gasteiger partial charge in [-0.1, -0.05) is 18.7 Å². The Bertz CT molecular complexity index is 598. The van der Waals surface area contributed by atoms with Crippen LogP contribution in [-0.2, 0) is 0 Å². The summed E-state index contributed by atoms with van der Waals surface area (Å²) in [7, 11) is 1.75. The van der Waals surface area contributed by atoms with Gasteiger partial charge in [-0.2, -0.15) is 0 Å². The minimum absolute atomic E-state index is 0.556. The Balaban J connectivity index is 2.33. The van der Waals surface area contributed by atoms with E-state index in [2.05, 4.69) is 27.9 Å². The van der Waals surface area contributed by atoms with E-state index in [1.165, 1.54) is 0 Å². The van der Waals surface area contributed by atoms with Gasteiger partial charge in [0.2, 0.25) is 0 Å². The SMILES string of the molecule is C=C(/C1=C/C/C(c2cccnc2)=C\NC(=NC)C1)C(C)O. The maximum atomic E-state index is 9.75. The third-order valence-electron chi connectivity index (χ3n) is 3.56. The molecule has 0 radical (unpaired) electrons. The van der Waals surface area contributed by atoms with Gasteiger partial charge >= 0.3 is 0 Å². The predicted octanol–water partition coefficient (Wildman–Crippen LogP) is 2.70. The van der Waals surface area contributed by atoms with Gasteiger partial charge in [-0.05, 0) is 41.7 Å². The lowest BCUT2D eigenvalue weighted by atomic mass is 9.95. The van der Waals surface area contributed by atoms with Gasteiger partial charge < -0.3 is 10.4 Å². The molecule has 1 aliphatic heterocycles. The number of aliphatic hydroxyl groups is 1. The van der Waals surface area contributed by atoms with E-state index in [4.69, 9.17) is 0 Å². The molecule has 0 fully saturated rings. The molecule has 0 spiro atoms. The molecule has 0 aliphatic carbocycles. The molecule has 2 rings (SSSR count). The molecule has 4 nitrogen and oxygen atoms in total. The van der Waals surface area contributed by atoms with E-state index in [-0.39, 0.29) is 0 Å². The van der Waals surface area contributed by atoms with Gasteiger partial charge in [0, 0.05) is 32.1 Å². The van der Waals surface area contributed by atoms with E-state index in [0.29, 0.717) is 6.42 Å². The van der Waals surface area contributed by atoms with Gasteiger partial charge in [0.15, 0.2) is 0 Å². The summed E-state index contributed by atoms with van der Waals surface area (Å²) in [5.41, 5.74) is 3.96. The number of aliphatic imine (C=N–C) groups is 1. The summed E-state index contributed by atoms with van der Waals surface area (Å²) in [5, 5.41) is 13.0. The molecule has 0 saturated heterocycles. The number of rotatable bonds is 3. The average molecular weight is 283 g/mol. The third kappa shape index (κ3) is 3.89. The van der Waals surface area contributed by atoms with Crippen LogP contribution in [0.1, 0.15) is 25.3 Å². The van der Waals surface area contributed by atoms with Crippen molar-refractivity contribution in [3.8, 4) is 0 Å². The number of pyridine rings is 1. The lowest BCUT2D eigenvalue weighted by molar-refractivity contribution is 0.234. The van der Waals surface area contributed by atoms with Crippen molar-refractivity contribution in [3.05, 3.63) is 60.1 Å². The number of allylic oxidation sites excluding steroid dienone is 2. The van der Waals surface area contributed by atoms with Crippen molar-refractivity contribution in [2.24, 2.45) is 4.99 Å². The molecule has 0 amide bonds. The van der Waals surface area contributed by atoms with Gasteiger partial charge in [0.25, 0.3) is 0 Å². The van der Waals surface area contributed by atoms with Crippen molar-refractivity contribution in [1.29, 1.82) is 0 Å². The molecular weight excluding hydrogens is 262 g/mol. The second-order valence-corrected chi connectivity index (χ2v) is 5.04. The first-order valence-electron chi connectivity index (χ1n) is 6.99. The summed E-state index contributed by atoms with van der Waals surface area (Å²) in [4.78, 5) is 8.41. The standard InChI is InChI=1S/C17H21N3O/c1-12(13(2)21)14-6-7-16(11-20-17(9-14)18-3)15-5-4-8-19-10-15/h4-6,8,10-11,13,21H,1,7,9H2,2-3H3,(H,18,20)/b14-6+,16-11+. The third-order valence-corrected chi connectivity index (χ3v) is 3.56. The Hall–Kier alpha value is -2.20. The number of amidine groups is 1. The number of aliphatic hydroxyl groups excluding tert-OH is 1. The summed E-state index contributed by atoms with van der Waals surface area (Å²) in [5.74, 6) is 0.851. The van der Waals surface area contributed by atoms with Crippen LogP contribution in [-0.4, -0.2) is 29.1 Å². The van der Waals surface area contributed by atoms with Crippen molar-refractivity contribution >= 4 is 11.4 Å². The minimum atomic E-state index is -0.556. The monoisotopic (exact) mass is 283 g/mol. The number of hydrogen-bond acceptors (Lipinski definition) is 3. The summed E-state index contributed by atoms with van der Waals surface area (Å²) in [6.45, 7) is 5.72. The average Bonchev–Trinajstić information content (AvgIpc) is 2.48. The van der Waals surface area contributed by atoms with E-state index in [1.54, 1.807) is 20.2 Å². The quantitative estimate of drug-likeness (QED) is 0.896. The number of nitrogens with zero attached hydrogens (tertiary/aromatic N) is 2. The van der Waals surface area contributed by atoms with E-state index in [0.717, 1.165) is 34.5 Å². The molecule has 0 saturated carbocycles. The molecule has 2 N–H and O–H groups in total. The Morgan fingerprint density at radius 1 is 1.52 bits per heavy atom. The minimum Gasteiger partial charge on any atom is -0.389 e. The second-order valence-electron chi connectivity index (χ2n) is 5.04. The number of aromatic nitrogens is 1. The molecule has 1 unspecified atom stereocenters. The van der Waals surface area contributed by atoms with Gasteiger partial charge in [-0.3, -0.25) is 9.98 Å². The summed E-state index contributed by atoms with van der Waals surface area (Å²) in [6.07, 6.45) is 8.54. The second kappa shape index (κ2) is 6.99. The fourth-order valence-electron chi connectivity index (χ4n) is 2.18. The Labute approximate surface area is 125 Å². The zero-order chi connectivity index (χ0) is 15.2. The predicted molar refractivity (Wildman–Crippen MR) is 86.8 cm³/mol. The fraction of sp³-hybridized carbons (Fsp3) is 0.294. The molecule has 4 heteroatoms. The smallest absolute Gasteiger partial charge is 0.104 e. The van der Waals surface area contributed by atoms with E-state index < -0.39 is 6.10 Å². The number of nitrogens with one attached hydrogen (secondary N) is 1. The van der Waals surface area contributed by atoms with Crippen molar-refractivity contribution in [1.82, 2.24) is 10.3 Å². The van der Waals surface area contributed by atoms with Crippen molar-refractivity contribution < 1.29 is 5.11 Å². The van der Waals surface area contributed by atoms with Crippen LogP contribution in [0.2, 0.25) is 0 Å². The van der Waals surface area contributed by atoms with Crippen LogP contribution in [0.3, 0.4) is 0 Å². The van der Waals surface area contributed by atoms with Crippen molar-refractivity contribution in [2.75, 3.05) is 7.05 Å². The molecule has 1 aromatic rings. The summed E-state index contributed by atoms with van der Waals surface area (Å²) >= 11 is 0. The lowest BCUT2D eigenvalue weighted by Gasteiger charge is -2.18. The fourth-order valence-corrected chi connectivity index (χ4v) is 2.18. The molecule has 1 atom stereocenters. The first kappa shape index (κ1) is 15.2. The van der Waals surface area contributed by atoms with Gasteiger partial charge in [0.05, 0.1) is 6.10 Å². The zero-order valence-electron chi connectivity index (χ0n) is 12.5. The molecule has 1 aliphatic rings. The first-order valence-corrected chi connectivity index (χ1v) is 6.99. The van der Waals surface area contributed by atoms with E-state index >= 15 is 0 Å². The Morgan fingerprint density at radius 2 is 2.33 bits per heavy atom. The van der Waals surface area contributed by atoms with Crippen LogP contribution in [0.4, 0.5) is 0 Å². The molecule has 0 aromatic carbocycles. The van der Waals surface area contributed by atoms with Crippen LogP contribution < -0.4 is 5.32 Å². The van der Waals surface area contributed by atoms with Crippen LogP contribution in [0.5, 0.6) is 0 Å². The van der Waals surface area contributed by atoms with E-state index in [1.807, 2.05) is 24.5 Å². The highest BCUT2D eigenvalue weighted by molar-refractivity contribution is 5.88. The number of hydrogen-bond donors (Lipinski definition) is 2. The highest BCUT2D eigenvalue weighted by Crippen LogP contribution is 2.24. The molecular formula is C17H21N3O. The van der Waals surface area contributed by atoms with Crippen LogP contribution >= 0.6 is 0 Å². The van der Waals surface area contributed by atoms with Gasteiger partial charge in [-0.25, -0.2) is 0 Å². The lowest BCUT2D eigenvalue weighted by Crippen LogP contribution is -2.21. The highest BCUT2D eigenvalue weighted by Gasteiger charge is 2.14.